The quantitative estimate of drug-likeness (QED) is 0.770. The maximum absolute atomic E-state index is 11.7. The third-order valence-corrected chi connectivity index (χ3v) is 2.40. The number of hydrogen-bond acceptors (Lipinski definition) is 3. The minimum Gasteiger partial charge on any atom is -0.489 e. The molecule has 1 aromatic heterocycles. The Bertz CT molecular complexity index is 440. The van der Waals surface area contributed by atoms with E-state index in [2.05, 4.69) is 4.98 Å². The van der Waals surface area contributed by atoms with Crippen LogP contribution in [0.1, 0.15) is 6.92 Å². The summed E-state index contributed by atoms with van der Waals surface area (Å²) in [6.45, 7) is 2.17. The van der Waals surface area contributed by atoms with Crippen molar-refractivity contribution in [2.24, 2.45) is 0 Å². The first-order chi connectivity index (χ1) is 7.10. The number of rotatable bonds is 3. The van der Waals surface area contributed by atoms with Gasteiger partial charge in [0, 0.05) is 12.1 Å². The molecule has 1 rings (SSSR count). The zero-order valence-corrected chi connectivity index (χ0v) is 9.84. The van der Waals surface area contributed by atoms with Gasteiger partial charge in [0.05, 0.1) is 13.4 Å². The standard InChI is InChI=1S/C9H10Cl2N2O2/c1-6(3-10)4-13-5-12-8(11)7(15-2)9(13)14/h3,5H,4H2,1-2H3/b6-3+. The second-order valence-electron chi connectivity index (χ2n) is 2.96. The lowest BCUT2D eigenvalue weighted by Crippen LogP contribution is -2.22. The van der Waals surface area contributed by atoms with E-state index >= 15 is 0 Å². The van der Waals surface area contributed by atoms with Crippen molar-refractivity contribution in [1.82, 2.24) is 9.55 Å². The largest absolute Gasteiger partial charge is 0.489 e. The fraction of sp³-hybridized carbons (Fsp3) is 0.333. The smallest absolute Gasteiger partial charge is 0.297 e. The fourth-order valence-corrected chi connectivity index (χ4v) is 1.31. The van der Waals surface area contributed by atoms with Gasteiger partial charge in [-0.25, -0.2) is 4.98 Å². The molecular weight excluding hydrogens is 239 g/mol. The number of nitrogens with zero attached hydrogens (tertiary/aromatic N) is 2. The van der Waals surface area contributed by atoms with Crippen LogP contribution >= 0.6 is 23.2 Å². The van der Waals surface area contributed by atoms with Gasteiger partial charge in [0.15, 0.2) is 5.15 Å². The predicted molar refractivity (Wildman–Crippen MR) is 59.7 cm³/mol. The first-order valence-electron chi connectivity index (χ1n) is 4.15. The Balaban J connectivity index is 3.17. The summed E-state index contributed by atoms with van der Waals surface area (Å²) < 4.78 is 6.23. The van der Waals surface area contributed by atoms with Gasteiger partial charge in [0.1, 0.15) is 0 Å². The molecule has 0 saturated heterocycles. The predicted octanol–water partition coefficient (Wildman–Crippen LogP) is 2.05. The van der Waals surface area contributed by atoms with Gasteiger partial charge in [0.2, 0.25) is 5.75 Å². The topological polar surface area (TPSA) is 44.1 Å². The van der Waals surface area contributed by atoms with Gasteiger partial charge < -0.3 is 4.74 Å². The van der Waals surface area contributed by atoms with E-state index in [0.717, 1.165) is 5.57 Å². The molecular formula is C9H10Cl2N2O2. The Morgan fingerprint density at radius 1 is 1.73 bits per heavy atom. The Hall–Kier alpha value is -1.00. The summed E-state index contributed by atoms with van der Waals surface area (Å²) in [5.74, 6) is 0.0431. The van der Waals surface area contributed by atoms with Crippen LogP contribution in [0.5, 0.6) is 5.75 Å². The summed E-state index contributed by atoms with van der Waals surface area (Å²) >= 11 is 11.2. The van der Waals surface area contributed by atoms with Crippen LogP contribution in [0.3, 0.4) is 0 Å². The van der Waals surface area contributed by atoms with Gasteiger partial charge in [-0.2, -0.15) is 0 Å². The molecule has 0 unspecified atom stereocenters. The number of allylic oxidation sites excluding steroid dienone is 1. The van der Waals surface area contributed by atoms with Crippen molar-refractivity contribution < 1.29 is 4.74 Å². The van der Waals surface area contributed by atoms with Crippen LogP contribution in [0.2, 0.25) is 5.15 Å². The minimum absolute atomic E-state index is 0.0431. The summed E-state index contributed by atoms with van der Waals surface area (Å²) in [4.78, 5) is 15.5. The average Bonchev–Trinajstić information content (AvgIpc) is 2.23. The summed E-state index contributed by atoms with van der Waals surface area (Å²) in [6, 6.07) is 0. The van der Waals surface area contributed by atoms with Crippen molar-refractivity contribution in [2.75, 3.05) is 7.11 Å². The molecule has 0 N–H and O–H groups in total. The van der Waals surface area contributed by atoms with Crippen LogP contribution < -0.4 is 10.3 Å². The Labute approximate surface area is 97.1 Å². The minimum atomic E-state index is -0.324. The van der Waals surface area contributed by atoms with E-state index < -0.39 is 0 Å². The highest BCUT2D eigenvalue weighted by molar-refractivity contribution is 6.30. The monoisotopic (exact) mass is 248 g/mol. The first kappa shape index (κ1) is 12.1. The molecule has 0 amide bonds. The summed E-state index contributed by atoms with van der Waals surface area (Å²) in [5.41, 5.74) is 1.92. The lowest BCUT2D eigenvalue weighted by atomic mass is 10.3. The Morgan fingerprint density at radius 2 is 2.40 bits per heavy atom. The van der Waals surface area contributed by atoms with Crippen LogP contribution in [-0.2, 0) is 6.54 Å². The molecule has 0 aromatic carbocycles. The van der Waals surface area contributed by atoms with Crippen molar-refractivity contribution in [2.45, 2.75) is 13.5 Å². The molecule has 0 spiro atoms. The number of hydrogen-bond donors (Lipinski definition) is 0. The lowest BCUT2D eigenvalue weighted by molar-refractivity contribution is 0.400. The van der Waals surface area contributed by atoms with Crippen molar-refractivity contribution in [1.29, 1.82) is 0 Å². The van der Waals surface area contributed by atoms with E-state index in [1.165, 1.54) is 23.5 Å². The number of halogens is 2. The van der Waals surface area contributed by atoms with E-state index in [-0.39, 0.29) is 16.5 Å². The normalized spacial score (nSPS) is 11.6. The van der Waals surface area contributed by atoms with Crippen LogP contribution in [0.15, 0.2) is 22.2 Å². The average molecular weight is 249 g/mol. The Kier molecular flexibility index (Phi) is 4.17. The molecule has 0 aliphatic heterocycles. The molecule has 0 radical (unpaired) electrons. The molecule has 0 fully saturated rings. The third-order valence-electron chi connectivity index (χ3n) is 1.76. The highest BCUT2D eigenvalue weighted by atomic mass is 35.5. The SMILES string of the molecule is COc1c(Cl)ncn(C/C(C)=C/Cl)c1=O. The third kappa shape index (κ3) is 2.73. The molecule has 82 valence electrons. The molecule has 1 aromatic rings. The van der Waals surface area contributed by atoms with Gasteiger partial charge in [-0.1, -0.05) is 23.2 Å². The lowest BCUT2D eigenvalue weighted by Gasteiger charge is -2.07. The molecule has 0 aliphatic carbocycles. The van der Waals surface area contributed by atoms with E-state index in [0.29, 0.717) is 6.54 Å². The van der Waals surface area contributed by atoms with E-state index in [9.17, 15) is 4.79 Å². The molecule has 4 nitrogen and oxygen atoms in total. The van der Waals surface area contributed by atoms with Gasteiger partial charge in [-0.3, -0.25) is 9.36 Å². The van der Waals surface area contributed by atoms with Crippen molar-refractivity contribution >= 4 is 23.2 Å². The first-order valence-corrected chi connectivity index (χ1v) is 4.96. The molecule has 0 aliphatic rings. The second kappa shape index (κ2) is 5.19. The second-order valence-corrected chi connectivity index (χ2v) is 3.53. The zero-order valence-electron chi connectivity index (χ0n) is 8.33. The number of ether oxygens (including phenoxy) is 1. The maximum atomic E-state index is 11.7. The fourth-order valence-electron chi connectivity index (χ4n) is 1.04. The Morgan fingerprint density at radius 3 is 2.93 bits per heavy atom. The van der Waals surface area contributed by atoms with E-state index in [1.54, 1.807) is 6.92 Å². The molecule has 0 bridgehead atoms. The van der Waals surface area contributed by atoms with E-state index in [4.69, 9.17) is 27.9 Å². The zero-order chi connectivity index (χ0) is 11.4. The highest BCUT2D eigenvalue weighted by Gasteiger charge is 2.09. The number of methoxy groups -OCH3 is 1. The van der Waals surface area contributed by atoms with Crippen molar-refractivity contribution in [3.8, 4) is 5.75 Å². The van der Waals surface area contributed by atoms with Gasteiger partial charge >= 0.3 is 0 Å². The van der Waals surface area contributed by atoms with Gasteiger partial charge in [0.25, 0.3) is 5.56 Å². The van der Waals surface area contributed by atoms with Crippen molar-refractivity contribution in [3.63, 3.8) is 0 Å². The molecule has 15 heavy (non-hydrogen) atoms. The van der Waals surface area contributed by atoms with Crippen molar-refractivity contribution in [3.05, 3.63) is 32.9 Å². The molecule has 1 heterocycles. The van der Waals surface area contributed by atoms with Crippen LogP contribution in [0.4, 0.5) is 0 Å². The van der Waals surface area contributed by atoms with E-state index in [1.807, 2.05) is 0 Å². The summed E-state index contributed by atoms with van der Waals surface area (Å²) in [5, 5.41) is 0.0613. The van der Waals surface area contributed by atoms with Crippen LogP contribution in [0.25, 0.3) is 0 Å². The molecule has 0 atom stereocenters. The maximum Gasteiger partial charge on any atom is 0.297 e. The van der Waals surface area contributed by atoms with Gasteiger partial charge in [-0.15, -0.1) is 0 Å². The van der Waals surface area contributed by atoms with Crippen LogP contribution in [-0.4, -0.2) is 16.7 Å². The molecule has 6 heteroatoms. The molecule has 0 saturated carbocycles. The van der Waals surface area contributed by atoms with Gasteiger partial charge in [-0.05, 0) is 12.5 Å². The summed E-state index contributed by atoms with van der Waals surface area (Å²) in [7, 11) is 1.37. The number of aromatic nitrogens is 2. The summed E-state index contributed by atoms with van der Waals surface area (Å²) in [6.07, 6.45) is 1.36. The van der Waals surface area contributed by atoms with Crippen LogP contribution in [0, 0.1) is 0 Å². The highest BCUT2D eigenvalue weighted by Crippen LogP contribution is 2.15.